The topological polar surface area (TPSA) is 29.5 Å². The van der Waals surface area contributed by atoms with Gasteiger partial charge in [0.05, 0.1) is 13.0 Å². The molecule has 1 unspecified atom stereocenters. The van der Waals surface area contributed by atoms with E-state index in [2.05, 4.69) is 36.1 Å². The van der Waals surface area contributed by atoms with E-state index >= 15 is 0 Å². The van der Waals surface area contributed by atoms with E-state index in [-0.39, 0.29) is 24.4 Å². The first-order valence-electron chi connectivity index (χ1n) is 9.26. The standard InChI is InChI=1S/C20H31NO2.ClH/c1-2-3-4-11-16-23-20(22)17-19(18-12-7-5-8-13-18)21-14-9-6-10-15-21;/h5,7-8,12-13,19H,2-4,6,9-11,14-17H2,1H3;1H. The number of esters is 1. The molecular formula is C20H32ClNO2. The van der Waals surface area contributed by atoms with Crippen molar-refractivity contribution in [1.82, 2.24) is 4.90 Å². The Balaban J connectivity index is 0.00000288. The van der Waals surface area contributed by atoms with E-state index in [1.807, 2.05) is 6.07 Å². The van der Waals surface area contributed by atoms with Gasteiger partial charge in [-0.2, -0.15) is 0 Å². The number of hydrogen-bond acceptors (Lipinski definition) is 3. The molecule has 0 aromatic heterocycles. The SMILES string of the molecule is CCCCCCOC(=O)CC(c1ccccc1)N1CCCCC1.Cl. The van der Waals surface area contributed by atoms with E-state index in [4.69, 9.17) is 4.74 Å². The highest BCUT2D eigenvalue weighted by molar-refractivity contribution is 5.85. The highest BCUT2D eigenvalue weighted by atomic mass is 35.5. The summed E-state index contributed by atoms with van der Waals surface area (Å²) in [6.07, 6.45) is 8.80. The number of nitrogens with zero attached hydrogens (tertiary/aromatic N) is 1. The Labute approximate surface area is 153 Å². The van der Waals surface area contributed by atoms with Gasteiger partial charge in [0.2, 0.25) is 0 Å². The molecule has 0 N–H and O–H groups in total. The molecule has 1 aliphatic rings. The quantitative estimate of drug-likeness (QED) is 0.454. The summed E-state index contributed by atoms with van der Waals surface area (Å²) in [5, 5.41) is 0. The van der Waals surface area contributed by atoms with Crippen LogP contribution in [0.25, 0.3) is 0 Å². The van der Waals surface area contributed by atoms with E-state index in [1.165, 1.54) is 37.7 Å². The average Bonchev–Trinajstić information content (AvgIpc) is 2.61. The minimum Gasteiger partial charge on any atom is -0.466 e. The third-order valence-electron chi connectivity index (χ3n) is 4.64. The number of ether oxygens (including phenoxy) is 1. The zero-order valence-corrected chi connectivity index (χ0v) is 15.7. The number of benzene rings is 1. The number of carbonyl (C=O) groups is 1. The fraction of sp³-hybridized carbons (Fsp3) is 0.650. The van der Waals surface area contributed by atoms with Gasteiger partial charge in [0.25, 0.3) is 0 Å². The highest BCUT2D eigenvalue weighted by Crippen LogP contribution is 2.27. The third kappa shape index (κ3) is 7.23. The van der Waals surface area contributed by atoms with Gasteiger partial charge >= 0.3 is 5.97 Å². The van der Waals surface area contributed by atoms with Crippen LogP contribution in [0.2, 0.25) is 0 Å². The fourth-order valence-corrected chi connectivity index (χ4v) is 3.29. The average molecular weight is 354 g/mol. The second kappa shape index (κ2) is 12.3. The molecule has 1 heterocycles. The van der Waals surface area contributed by atoms with E-state index in [1.54, 1.807) is 0 Å². The largest absolute Gasteiger partial charge is 0.466 e. The van der Waals surface area contributed by atoms with Gasteiger partial charge in [-0.25, -0.2) is 0 Å². The summed E-state index contributed by atoms with van der Waals surface area (Å²) in [6, 6.07) is 10.6. The van der Waals surface area contributed by atoms with Gasteiger partial charge in [-0.15, -0.1) is 12.4 Å². The van der Waals surface area contributed by atoms with E-state index in [0.29, 0.717) is 13.0 Å². The molecule has 1 fully saturated rings. The van der Waals surface area contributed by atoms with Gasteiger partial charge in [-0.1, -0.05) is 62.9 Å². The van der Waals surface area contributed by atoms with Crippen molar-refractivity contribution in [3.05, 3.63) is 35.9 Å². The van der Waals surface area contributed by atoms with Gasteiger partial charge in [-0.3, -0.25) is 9.69 Å². The Morgan fingerprint density at radius 1 is 1.08 bits per heavy atom. The minimum atomic E-state index is -0.0547. The zero-order valence-electron chi connectivity index (χ0n) is 14.9. The van der Waals surface area contributed by atoms with Crippen LogP contribution in [0.5, 0.6) is 0 Å². The lowest BCUT2D eigenvalue weighted by atomic mass is 9.99. The molecule has 4 heteroatoms. The molecule has 0 aliphatic carbocycles. The first-order chi connectivity index (χ1) is 11.3. The fourth-order valence-electron chi connectivity index (χ4n) is 3.29. The number of unbranched alkanes of at least 4 members (excludes halogenated alkanes) is 3. The second-order valence-corrected chi connectivity index (χ2v) is 6.51. The molecule has 24 heavy (non-hydrogen) atoms. The van der Waals surface area contributed by atoms with Crippen molar-refractivity contribution in [2.75, 3.05) is 19.7 Å². The Bertz CT molecular complexity index is 446. The lowest BCUT2D eigenvalue weighted by molar-refractivity contribution is -0.145. The highest BCUT2D eigenvalue weighted by Gasteiger charge is 2.25. The van der Waals surface area contributed by atoms with Crippen molar-refractivity contribution in [3.8, 4) is 0 Å². The Morgan fingerprint density at radius 2 is 1.79 bits per heavy atom. The van der Waals surface area contributed by atoms with E-state index in [0.717, 1.165) is 25.9 Å². The van der Waals surface area contributed by atoms with Gasteiger partial charge in [0, 0.05) is 6.04 Å². The molecule has 1 aromatic carbocycles. The predicted molar refractivity (Wildman–Crippen MR) is 102 cm³/mol. The van der Waals surface area contributed by atoms with Crippen LogP contribution >= 0.6 is 12.4 Å². The van der Waals surface area contributed by atoms with Crippen LogP contribution in [0.4, 0.5) is 0 Å². The monoisotopic (exact) mass is 353 g/mol. The predicted octanol–water partition coefficient (Wildman–Crippen LogP) is 5.15. The molecular weight excluding hydrogens is 322 g/mol. The van der Waals surface area contributed by atoms with Crippen LogP contribution in [0.3, 0.4) is 0 Å². The Morgan fingerprint density at radius 3 is 2.46 bits per heavy atom. The first-order valence-corrected chi connectivity index (χ1v) is 9.26. The van der Waals surface area contributed by atoms with Crippen molar-refractivity contribution in [2.24, 2.45) is 0 Å². The van der Waals surface area contributed by atoms with Gasteiger partial charge < -0.3 is 4.74 Å². The third-order valence-corrected chi connectivity index (χ3v) is 4.64. The summed E-state index contributed by atoms with van der Waals surface area (Å²) in [4.78, 5) is 14.7. The summed E-state index contributed by atoms with van der Waals surface area (Å²) in [5.41, 5.74) is 1.23. The molecule has 0 radical (unpaired) electrons. The molecule has 3 nitrogen and oxygen atoms in total. The maximum absolute atomic E-state index is 12.3. The summed E-state index contributed by atoms with van der Waals surface area (Å²) < 4.78 is 5.47. The second-order valence-electron chi connectivity index (χ2n) is 6.51. The zero-order chi connectivity index (χ0) is 16.3. The maximum atomic E-state index is 12.3. The van der Waals surface area contributed by atoms with Crippen molar-refractivity contribution >= 4 is 18.4 Å². The number of halogens is 1. The van der Waals surface area contributed by atoms with Crippen molar-refractivity contribution in [2.45, 2.75) is 64.3 Å². The molecule has 2 rings (SSSR count). The number of hydrogen-bond donors (Lipinski definition) is 0. The normalized spacial score (nSPS) is 16.2. The van der Waals surface area contributed by atoms with Crippen molar-refractivity contribution in [1.29, 1.82) is 0 Å². The molecule has 0 amide bonds. The molecule has 0 saturated carbocycles. The molecule has 1 aromatic rings. The molecule has 0 spiro atoms. The maximum Gasteiger partial charge on any atom is 0.307 e. The number of carbonyl (C=O) groups excluding carboxylic acids is 1. The van der Waals surface area contributed by atoms with Crippen LogP contribution in [0, 0.1) is 0 Å². The van der Waals surface area contributed by atoms with Crippen LogP contribution in [0.1, 0.15) is 69.9 Å². The lowest BCUT2D eigenvalue weighted by Crippen LogP contribution is -2.35. The van der Waals surface area contributed by atoms with Crippen LogP contribution < -0.4 is 0 Å². The molecule has 136 valence electrons. The Hall–Kier alpha value is -1.06. The number of rotatable bonds is 9. The minimum absolute atomic E-state index is 0. The summed E-state index contributed by atoms with van der Waals surface area (Å²) in [7, 11) is 0. The van der Waals surface area contributed by atoms with Crippen LogP contribution in [-0.4, -0.2) is 30.6 Å². The van der Waals surface area contributed by atoms with E-state index < -0.39 is 0 Å². The summed E-state index contributed by atoms with van der Waals surface area (Å²) >= 11 is 0. The smallest absolute Gasteiger partial charge is 0.307 e. The molecule has 1 atom stereocenters. The van der Waals surface area contributed by atoms with Gasteiger partial charge in [0.15, 0.2) is 0 Å². The number of piperidine rings is 1. The lowest BCUT2D eigenvalue weighted by Gasteiger charge is -2.34. The first kappa shape index (κ1) is 21.0. The van der Waals surface area contributed by atoms with Crippen LogP contribution in [0.15, 0.2) is 30.3 Å². The van der Waals surface area contributed by atoms with Gasteiger partial charge in [-0.05, 0) is 37.9 Å². The molecule has 1 saturated heterocycles. The van der Waals surface area contributed by atoms with Crippen molar-refractivity contribution in [3.63, 3.8) is 0 Å². The van der Waals surface area contributed by atoms with E-state index in [9.17, 15) is 4.79 Å². The Kier molecular flexibility index (Phi) is 10.8. The summed E-state index contributed by atoms with van der Waals surface area (Å²) in [6.45, 7) is 4.93. The van der Waals surface area contributed by atoms with Crippen molar-refractivity contribution < 1.29 is 9.53 Å². The molecule has 1 aliphatic heterocycles. The summed E-state index contributed by atoms with van der Waals surface area (Å²) in [5.74, 6) is -0.0547. The van der Waals surface area contributed by atoms with Gasteiger partial charge in [0.1, 0.15) is 0 Å². The van der Waals surface area contributed by atoms with Crippen LogP contribution in [-0.2, 0) is 9.53 Å². The molecule has 0 bridgehead atoms. The number of likely N-dealkylation sites (tertiary alicyclic amines) is 1.